The highest BCUT2D eigenvalue weighted by molar-refractivity contribution is 6.31. The molecule has 4 saturated heterocycles. The zero-order valence-corrected chi connectivity index (χ0v) is 81.9. The van der Waals surface area contributed by atoms with E-state index in [1.807, 2.05) is 130 Å². The van der Waals surface area contributed by atoms with Crippen molar-refractivity contribution in [2.45, 2.75) is 97.4 Å². The summed E-state index contributed by atoms with van der Waals surface area (Å²) in [6.07, 6.45) is 17.3. The number of hydrogen-bond donors (Lipinski definition) is 1. The van der Waals surface area contributed by atoms with E-state index in [2.05, 4.69) is 67.1 Å². The molecule has 0 spiro atoms. The summed E-state index contributed by atoms with van der Waals surface area (Å²) >= 11 is 6.38. The van der Waals surface area contributed by atoms with Crippen molar-refractivity contribution in [1.82, 2.24) is 47.8 Å². The predicted octanol–water partition coefficient (Wildman–Crippen LogP) is 18.3. The Bertz CT molecular complexity index is 7490. The number of likely N-dealkylation sites (tertiary alicyclic amines) is 4. The maximum Gasteiger partial charge on any atom is 0.256 e. The first-order chi connectivity index (χ1) is 69.5. The number of ketones is 4. The van der Waals surface area contributed by atoms with E-state index in [-0.39, 0.29) is 119 Å². The molecular formula is C115H111ClF4N11O14+. The van der Waals surface area contributed by atoms with E-state index < -0.39 is 23.3 Å². The number of pyridine rings is 1. The van der Waals surface area contributed by atoms with Crippen molar-refractivity contribution in [1.29, 1.82) is 0 Å². The van der Waals surface area contributed by atoms with Crippen molar-refractivity contribution >= 4 is 114 Å². The van der Waals surface area contributed by atoms with Gasteiger partial charge in [-0.1, -0.05) is 98.6 Å². The molecule has 0 bridgehead atoms. The zero-order chi connectivity index (χ0) is 102. The normalized spacial score (nSPS) is 14.4. The first-order valence-corrected chi connectivity index (χ1v) is 48.3. The highest BCUT2D eigenvalue weighted by atomic mass is 35.5. The van der Waals surface area contributed by atoms with E-state index in [0.29, 0.717) is 153 Å². The lowest BCUT2D eigenvalue weighted by Crippen LogP contribution is -2.55. The fraction of sp³-hybridized carbons (Fsp3) is 0.270. The number of nitroso groups, excluding NO2 is 1. The van der Waals surface area contributed by atoms with Gasteiger partial charge in [-0.3, -0.25) is 48.1 Å². The number of carbonyl (C=O) groups excluding carboxylic acids is 9. The van der Waals surface area contributed by atoms with Gasteiger partial charge in [-0.05, 0) is 183 Å². The van der Waals surface area contributed by atoms with Gasteiger partial charge in [0.15, 0.2) is 23.1 Å². The lowest BCUT2D eigenvalue weighted by atomic mass is 9.94. The molecule has 3 N–H and O–H groups in total. The molecule has 6 aliphatic rings. The number of benzene rings is 9. The quantitative estimate of drug-likeness (QED) is 0.0312. The molecule has 5 aromatic heterocycles. The van der Waals surface area contributed by atoms with Crippen molar-refractivity contribution in [3.8, 4) is 72.9 Å². The Morgan fingerprint density at radius 1 is 0.441 bits per heavy atom. The molecule has 0 atom stereocenters. The fourth-order valence-electron chi connectivity index (χ4n) is 20.6. The van der Waals surface area contributed by atoms with Crippen LogP contribution in [-0.4, -0.2) is 186 Å². The molecule has 20 rings (SSSR count). The smallest absolute Gasteiger partial charge is 0.256 e. The van der Waals surface area contributed by atoms with Crippen LogP contribution in [0.15, 0.2) is 257 Å². The van der Waals surface area contributed by atoms with Crippen molar-refractivity contribution in [2.24, 2.45) is 23.7 Å². The van der Waals surface area contributed by atoms with Gasteiger partial charge >= 0.3 is 0 Å². The summed E-state index contributed by atoms with van der Waals surface area (Å²) in [7, 11) is 4.99. The summed E-state index contributed by atoms with van der Waals surface area (Å²) < 4.78 is 80.7. The first kappa shape index (κ1) is 102. The van der Waals surface area contributed by atoms with Crippen molar-refractivity contribution in [3.05, 3.63) is 324 Å². The van der Waals surface area contributed by atoms with Crippen LogP contribution < -0.4 is 19.4 Å². The van der Waals surface area contributed by atoms with E-state index >= 15 is 0 Å². The number of amides is 5. The van der Waals surface area contributed by atoms with Gasteiger partial charge in [0.2, 0.25) is 23.6 Å². The lowest BCUT2D eigenvalue weighted by molar-refractivity contribution is -0.379. The molecular weight excluding hydrogens is 1870 g/mol. The van der Waals surface area contributed by atoms with Gasteiger partial charge in [-0.2, -0.15) is 0 Å². The third-order valence-corrected chi connectivity index (χ3v) is 28.3. The molecule has 14 aromatic rings. The van der Waals surface area contributed by atoms with Gasteiger partial charge in [0.25, 0.3) is 11.6 Å². The first-order valence-electron chi connectivity index (χ1n) is 47.9. The van der Waals surface area contributed by atoms with E-state index in [9.17, 15) is 65.6 Å². The van der Waals surface area contributed by atoms with Crippen LogP contribution in [0.4, 0.5) is 23.2 Å². The standard InChI is InChI=1S/C31H30N2O4.C29H22F4N2O2.C29H30N4O5.C26H26ClN3O2.H2O/c1-4-31(35)33-17-21(18-33)15-23(34)19-32-20-27(25-10-6-8-12-30(25)37-3)26-16-22(13-14-28(26)32)24-9-5-7-11-29(24)36-2;1-2-29(37)35-13-17(14-35)9-21(36)15-34-16-25(23-7-5-20(31)12-27(23)33)24-10-18(3-8-28(24)34)22-6-4-19(30)11-26(22)32;1-4-27(35)32-14-19(15-32)12-22(34)17-33-18(2)28(24-13-21(30-37)8-9-25(24)33)29(36)31-11-10-23-20(16-31)6-5-7-26(23)38-3;1-3-25(32)29-13-17(14-29)10-20(31)15-30-16(2)26(22-11-19(27)6-7-24(22)30)23-12-28-9-8-21(23)18-4-5-18;/h4-14,16,20-21H,1,15,17-19H2,2-3H3;2-8,10-12,16-17H,1,9,13-15H2;4-9,13,19H,1,10-12,14-17H2,2-3H3;3,6-9,11-12,17-18H,1,4-5,10,13-15H2,2H3;1H2/p+1. The highest BCUT2D eigenvalue weighted by Crippen LogP contribution is 2.48. The molecule has 9 aromatic carbocycles. The number of nitrogens with one attached hydrogen (secondary N) is 1. The molecule has 744 valence electrons. The summed E-state index contributed by atoms with van der Waals surface area (Å²) in [5, 5.41) is 5.87. The number of Topliss-reactive ketones (excluding diaryl/α,β-unsaturated/α-hetero) is 4. The Kier molecular flexibility index (Phi) is 31.3. The molecule has 0 radical (unpaired) electrons. The molecule has 25 nitrogen and oxygen atoms in total. The Hall–Kier alpha value is -15.8. The summed E-state index contributed by atoms with van der Waals surface area (Å²) in [4.78, 5) is 137. The fourth-order valence-corrected chi connectivity index (χ4v) is 20.8. The maximum atomic E-state index is 14.8. The van der Waals surface area contributed by atoms with Crippen LogP contribution in [0, 0.1) is 65.7 Å². The van der Waals surface area contributed by atoms with Crippen LogP contribution in [-0.2, 0) is 77.5 Å². The molecule has 0 unspecified atom stereocenters. The Morgan fingerprint density at radius 3 is 1.39 bits per heavy atom. The SMILES string of the molecule is C=CC(=O)N1CC(CC(=O)Cn2c(C)c(-c3cnccc3C3CC3)c3cc(Cl)ccc32)C1.C=CC(=O)N1CC(CC(=O)Cn2c(C)c(C(=O)N3CCc4c(cccc4OC)C3)c3cc([NH+]=O)ccc32)C1.C=CC(=O)N1CC(CC(=O)Cn2cc(-c3ccc(F)cc3F)c3cc(-c4ccc(F)cc4F)ccc32)C1.C=CC(=O)N1CC(CC(=O)Cn2cc(-c3ccccc3OC)c3cc(-c4ccccc4OC)ccc32)C1.O. The monoisotopic (exact) mass is 1980 g/mol. The summed E-state index contributed by atoms with van der Waals surface area (Å²) in [6, 6.07) is 52.6. The number of nitrogens with zero attached hydrogens (tertiary/aromatic N) is 10. The number of aromatic nitrogens is 5. The number of hydrogen-bond acceptors (Lipinski definition) is 14. The predicted molar refractivity (Wildman–Crippen MR) is 551 cm³/mol. The summed E-state index contributed by atoms with van der Waals surface area (Å²) in [5.74, 6) is 0.389. The van der Waals surface area contributed by atoms with E-state index in [4.69, 9.17) is 25.8 Å². The van der Waals surface area contributed by atoms with E-state index in [1.165, 1.54) is 54.8 Å². The van der Waals surface area contributed by atoms with Gasteiger partial charge in [0.1, 0.15) is 40.5 Å². The minimum atomic E-state index is -0.773. The second kappa shape index (κ2) is 44.4. The van der Waals surface area contributed by atoms with Gasteiger partial charge in [-0.25, -0.2) is 17.6 Å². The van der Waals surface area contributed by atoms with E-state index in [0.717, 1.165) is 119 Å². The second-order valence-corrected chi connectivity index (χ2v) is 38.0. The molecule has 5 amide bonds. The van der Waals surface area contributed by atoms with Crippen LogP contribution in [0.5, 0.6) is 17.2 Å². The summed E-state index contributed by atoms with van der Waals surface area (Å²) in [6.45, 7) is 24.2. The van der Waals surface area contributed by atoms with Crippen LogP contribution in [0.1, 0.15) is 82.9 Å². The average molecular weight is 1980 g/mol. The highest BCUT2D eigenvalue weighted by Gasteiger charge is 2.38. The second-order valence-electron chi connectivity index (χ2n) is 37.6. The Morgan fingerprint density at radius 2 is 0.890 bits per heavy atom. The number of para-hydroxylation sites is 2. The molecule has 1 saturated carbocycles. The van der Waals surface area contributed by atoms with Gasteiger partial charge in [-0.15, -0.1) is 0 Å². The summed E-state index contributed by atoms with van der Waals surface area (Å²) in [5.41, 5.74) is 16.9. The minimum absolute atomic E-state index is 0. The van der Waals surface area contributed by atoms with Crippen LogP contribution in [0.2, 0.25) is 5.02 Å². The molecule has 145 heavy (non-hydrogen) atoms. The van der Waals surface area contributed by atoms with Crippen LogP contribution in [0.25, 0.3) is 99.2 Å². The molecule has 30 heteroatoms. The van der Waals surface area contributed by atoms with Crippen LogP contribution in [0.3, 0.4) is 0 Å². The molecule has 10 heterocycles. The van der Waals surface area contributed by atoms with Gasteiger partial charge in [0.05, 0.1) is 53.1 Å². The molecule has 1 aliphatic carbocycles. The number of halogens is 5. The Labute approximate surface area is 840 Å². The lowest BCUT2D eigenvalue weighted by Gasteiger charge is -2.38. The Balaban J connectivity index is 0.000000138. The minimum Gasteiger partial charge on any atom is -0.496 e. The third kappa shape index (κ3) is 21.9. The third-order valence-electron chi connectivity index (χ3n) is 28.1. The van der Waals surface area contributed by atoms with Gasteiger partial charge in [0, 0.05) is 284 Å². The number of ether oxygens (including phenoxy) is 3. The van der Waals surface area contributed by atoms with E-state index in [1.54, 1.807) is 88.1 Å². The molecule has 5 aliphatic heterocycles. The average Bonchev–Trinajstić information content (AvgIpc) is 1.59. The number of carbonyl (C=O) groups is 9. The maximum absolute atomic E-state index is 14.8. The number of methoxy groups -OCH3 is 3. The molecule has 5 fully saturated rings. The van der Waals surface area contributed by atoms with Crippen LogP contribution >= 0.6 is 11.6 Å². The number of rotatable bonds is 31. The van der Waals surface area contributed by atoms with Crippen molar-refractivity contribution < 1.29 is 85.6 Å². The van der Waals surface area contributed by atoms with Gasteiger partial charge < -0.3 is 62.5 Å². The van der Waals surface area contributed by atoms with Crippen molar-refractivity contribution in [2.75, 3.05) is 80.2 Å². The largest absolute Gasteiger partial charge is 0.496 e. The number of fused-ring (bicyclic) bond motifs is 5. The topological polar surface area (TPSA) is 293 Å². The van der Waals surface area contributed by atoms with Crippen molar-refractivity contribution in [3.63, 3.8) is 0 Å². The zero-order valence-electron chi connectivity index (χ0n) is 81.2.